The molecule has 7 heteroatoms. The van der Waals surface area contributed by atoms with E-state index in [0.717, 1.165) is 21.9 Å². The molecular weight excluding hydrogens is 330 g/mol. The van der Waals surface area contributed by atoms with Crippen LogP contribution in [0.5, 0.6) is 0 Å². The van der Waals surface area contributed by atoms with Crippen LogP contribution in [0.3, 0.4) is 0 Å². The highest BCUT2D eigenvalue weighted by Gasteiger charge is 2.11. The second-order valence-corrected chi connectivity index (χ2v) is 7.70. The number of aryl methyl sites for hydroxylation is 1. The lowest BCUT2D eigenvalue weighted by atomic mass is 10.4. The number of hydrogen-bond donors (Lipinski definition) is 1. The summed E-state index contributed by atoms with van der Waals surface area (Å²) in [4.78, 5) is 17.4. The SMILES string of the molecule is Cc1cccc2nc(C[S@](=O)CC(=O)NCc3cccs3)cn12. The lowest BCUT2D eigenvalue weighted by molar-refractivity contribution is -0.118. The molecule has 0 radical (unpaired) electrons. The lowest BCUT2D eigenvalue weighted by Crippen LogP contribution is -2.27. The number of pyridine rings is 1. The molecule has 0 saturated heterocycles. The van der Waals surface area contributed by atoms with Gasteiger partial charge in [-0.1, -0.05) is 12.1 Å². The molecule has 0 unspecified atom stereocenters. The fraction of sp³-hybridized carbons (Fsp3) is 0.250. The Labute approximate surface area is 140 Å². The highest BCUT2D eigenvalue weighted by Crippen LogP contribution is 2.10. The molecule has 5 nitrogen and oxygen atoms in total. The van der Waals surface area contributed by atoms with Gasteiger partial charge in [-0.05, 0) is 30.5 Å². The van der Waals surface area contributed by atoms with E-state index in [1.54, 1.807) is 11.3 Å². The van der Waals surface area contributed by atoms with Crippen molar-refractivity contribution in [3.8, 4) is 0 Å². The highest BCUT2D eigenvalue weighted by atomic mass is 32.2. The smallest absolute Gasteiger partial charge is 0.232 e. The number of carbonyl (C=O) groups excluding carboxylic acids is 1. The van der Waals surface area contributed by atoms with E-state index in [2.05, 4.69) is 10.3 Å². The van der Waals surface area contributed by atoms with Crippen LogP contribution in [0.4, 0.5) is 0 Å². The summed E-state index contributed by atoms with van der Waals surface area (Å²) in [5.41, 5.74) is 2.64. The number of carbonyl (C=O) groups is 1. The van der Waals surface area contributed by atoms with E-state index < -0.39 is 10.8 Å². The van der Waals surface area contributed by atoms with Crippen molar-refractivity contribution in [3.05, 3.63) is 58.2 Å². The van der Waals surface area contributed by atoms with Crippen molar-refractivity contribution in [2.45, 2.75) is 19.2 Å². The second kappa shape index (κ2) is 7.06. The van der Waals surface area contributed by atoms with Crippen molar-refractivity contribution in [2.75, 3.05) is 5.75 Å². The number of hydrogen-bond acceptors (Lipinski definition) is 4. The number of amides is 1. The van der Waals surface area contributed by atoms with Crippen LogP contribution < -0.4 is 5.32 Å². The van der Waals surface area contributed by atoms with Crippen LogP contribution in [0.2, 0.25) is 0 Å². The van der Waals surface area contributed by atoms with Crippen LogP contribution in [0.1, 0.15) is 16.3 Å². The Bertz CT molecular complexity index is 840. The van der Waals surface area contributed by atoms with Crippen LogP contribution in [0.25, 0.3) is 5.65 Å². The first-order valence-corrected chi connectivity index (χ1v) is 9.56. The van der Waals surface area contributed by atoms with Gasteiger partial charge in [0.25, 0.3) is 0 Å². The second-order valence-electron chi connectivity index (χ2n) is 5.21. The van der Waals surface area contributed by atoms with Crippen molar-refractivity contribution in [1.29, 1.82) is 0 Å². The molecule has 3 aromatic rings. The first-order valence-electron chi connectivity index (χ1n) is 7.19. The van der Waals surface area contributed by atoms with E-state index >= 15 is 0 Å². The highest BCUT2D eigenvalue weighted by molar-refractivity contribution is 7.84. The van der Waals surface area contributed by atoms with E-state index in [1.165, 1.54) is 0 Å². The Kier molecular flexibility index (Phi) is 4.88. The quantitative estimate of drug-likeness (QED) is 0.744. The molecule has 23 heavy (non-hydrogen) atoms. The van der Waals surface area contributed by atoms with E-state index in [0.29, 0.717) is 6.54 Å². The van der Waals surface area contributed by atoms with Gasteiger partial charge in [-0.15, -0.1) is 11.3 Å². The van der Waals surface area contributed by atoms with Crippen LogP contribution >= 0.6 is 11.3 Å². The predicted molar refractivity (Wildman–Crippen MR) is 92.8 cm³/mol. The zero-order valence-electron chi connectivity index (χ0n) is 12.7. The molecule has 0 spiro atoms. The first kappa shape index (κ1) is 15.9. The van der Waals surface area contributed by atoms with Crippen LogP contribution in [-0.2, 0) is 27.9 Å². The van der Waals surface area contributed by atoms with Gasteiger partial charge in [0.2, 0.25) is 5.91 Å². The zero-order chi connectivity index (χ0) is 16.2. The molecule has 1 N–H and O–H groups in total. The Hall–Kier alpha value is -1.99. The molecule has 1 atom stereocenters. The van der Waals surface area contributed by atoms with Crippen LogP contribution in [-0.4, -0.2) is 25.3 Å². The monoisotopic (exact) mass is 347 g/mol. The molecule has 0 aliphatic rings. The molecule has 0 aromatic carbocycles. The Morgan fingerprint density at radius 2 is 2.22 bits per heavy atom. The van der Waals surface area contributed by atoms with Crippen molar-refractivity contribution < 1.29 is 9.00 Å². The fourth-order valence-electron chi connectivity index (χ4n) is 2.28. The van der Waals surface area contributed by atoms with Gasteiger partial charge in [-0.3, -0.25) is 9.00 Å². The predicted octanol–water partition coefficient (Wildman–Crippen LogP) is 2.27. The van der Waals surface area contributed by atoms with Gasteiger partial charge < -0.3 is 9.72 Å². The molecule has 1 amide bonds. The zero-order valence-corrected chi connectivity index (χ0v) is 14.3. The Balaban J connectivity index is 1.55. The lowest BCUT2D eigenvalue weighted by Gasteiger charge is -2.03. The van der Waals surface area contributed by atoms with E-state index in [9.17, 15) is 9.00 Å². The summed E-state index contributed by atoms with van der Waals surface area (Å²) in [5, 5.41) is 4.75. The average Bonchev–Trinajstić information content (AvgIpc) is 3.14. The molecule has 0 saturated carbocycles. The number of thiophene rings is 1. The summed E-state index contributed by atoms with van der Waals surface area (Å²) in [5.74, 6) is 0.0860. The fourth-order valence-corrected chi connectivity index (χ4v) is 3.89. The molecule has 0 fully saturated rings. The largest absolute Gasteiger partial charge is 0.350 e. The summed E-state index contributed by atoms with van der Waals surface area (Å²) >= 11 is 1.59. The van der Waals surface area contributed by atoms with Crippen molar-refractivity contribution in [3.63, 3.8) is 0 Å². The van der Waals surface area contributed by atoms with E-state index in [-0.39, 0.29) is 17.4 Å². The van der Waals surface area contributed by atoms with Gasteiger partial charge in [0.1, 0.15) is 11.4 Å². The Morgan fingerprint density at radius 1 is 1.35 bits per heavy atom. The summed E-state index contributed by atoms with van der Waals surface area (Å²) in [7, 11) is -1.27. The molecule has 120 valence electrons. The maximum Gasteiger partial charge on any atom is 0.232 e. The topological polar surface area (TPSA) is 63.5 Å². The van der Waals surface area contributed by atoms with Gasteiger partial charge >= 0.3 is 0 Å². The minimum absolute atomic E-state index is 0.00176. The Morgan fingerprint density at radius 3 is 2.96 bits per heavy atom. The summed E-state index contributed by atoms with van der Waals surface area (Å²) in [6.07, 6.45) is 1.88. The summed E-state index contributed by atoms with van der Waals surface area (Å²) < 4.78 is 14.1. The molecule has 0 aliphatic heterocycles. The van der Waals surface area contributed by atoms with Crippen molar-refractivity contribution in [1.82, 2.24) is 14.7 Å². The molecular formula is C16H17N3O2S2. The third kappa shape index (κ3) is 4.05. The van der Waals surface area contributed by atoms with Crippen LogP contribution in [0.15, 0.2) is 41.9 Å². The molecule has 3 aromatic heterocycles. The minimum Gasteiger partial charge on any atom is -0.350 e. The first-order chi connectivity index (χ1) is 11.1. The van der Waals surface area contributed by atoms with Gasteiger partial charge in [-0.25, -0.2) is 4.98 Å². The number of rotatable bonds is 6. The summed E-state index contributed by atoms with van der Waals surface area (Å²) in [6.45, 7) is 2.48. The molecule has 3 rings (SSSR count). The molecule has 0 bridgehead atoms. The standard InChI is InChI=1S/C16H17N3O2S2/c1-12-4-2-6-15-18-13(9-19(12)15)10-23(21)11-16(20)17-8-14-5-3-7-22-14/h2-7,9H,8,10-11H2,1H3,(H,17,20)/t23-/m0/s1. The maximum atomic E-state index is 12.1. The van der Waals surface area contributed by atoms with Gasteiger partial charge in [0, 0.05) is 27.6 Å². The van der Waals surface area contributed by atoms with Gasteiger partial charge in [0.05, 0.1) is 18.0 Å². The van der Waals surface area contributed by atoms with Gasteiger partial charge in [-0.2, -0.15) is 0 Å². The third-order valence-corrected chi connectivity index (χ3v) is 5.46. The van der Waals surface area contributed by atoms with Gasteiger partial charge in [0.15, 0.2) is 0 Å². The van der Waals surface area contributed by atoms with Crippen molar-refractivity contribution in [2.24, 2.45) is 0 Å². The molecule has 0 aliphatic carbocycles. The number of imidazole rings is 1. The average molecular weight is 347 g/mol. The van der Waals surface area contributed by atoms with E-state index in [1.807, 2.05) is 53.2 Å². The van der Waals surface area contributed by atoms with Crippen molar-refractivity contribution >= 4 is 33.7 Å². The molecule has 3 heterocycles. The number of nitrogens with zero attached hydrogens (tertiary/aromatic N) is 2. The third-order valence-electron chi connectivity index (χ3n) is 3.39. The number of aromatic nitrogens is 2. The normalized spacial score (nSPS) is 12.4. The maximum absolute atomic E-state index is 12.1. The number of nitrogens with one attached hydrogen (secondary N) is 1. The minimum atomic E-state index is -1.27. The summed E-state index contributed by atoms with van der Waals surface area (Å²) in [6, 6.07) is 9.74. The van der Waals surface area contributed by atoms with E-state index in [4.69, 9.17) is 0 Å². The van der Waals surface area contributed by atoms with Crippen LogP contribution in [0, 0.1) is 6.92 Å². The number of fused-ring (bicyclic) bond motifs is 1.